The number of methoxy groups -OCH3 is 2. The van der Waals surface area contributed by atoms with Gasteiger partial charge in [-0.2, -0.15) is 0 Å². The maximum Gasteiger partial charge on any atom is 0.410 e. The normalized spacial score (nSPS) is 20.7. The number of nitrogens with zero attached hydrogens (tertiary/aromatic N) is 2. The number of benzene rings is 1. The molecule has 34 heavy (non-hydrogen) atoms. The van der Waals surface area contributed by atoms with Gasteiger partial charge in [-0.1, -0.05) is 34.1 Å². The molecule has 10 heteroatoms. The van der Waals surface area contributed by atoms with Crippen molar-refractivity contribution in [3.63, 3.8) is 0 Å². The van der Waals surface area contributed by atoms with Crippen LogP contribution < -0.4 is 5.32 Å². The van der Waals surface area contributed by atoms with Gasteiger partial charge in [-0.25, -0.2) is 4.79 Å². The summed E-state index contributed by atoms with van der Waals surface area (Å²) in [5, 5.41) is 15.8. The van der Waals surface area contributed by atoms with Crippen molar-refractivity contribution in [2.75, 3.05) is 27.3 Å². The molecule has 2 unspecified atom stereocenters. The minimum Gasteiger partial charge on any atom is -0.444 e. The number of nitrogens with one attached hydrogen (secondary N) is 1. The van der Waals surface area contributed by atoms with Crippen molar-refractivity contribution in [3.8, 4) is 0 Å². The molecule has 1 saturated heterocycles. The zero-order valence-electron chi connectivity index (χ0n) is 20.9. The highest BCUT2D eigenvalue weighted by Gasteiger charge is 2.45. The van der Waals surface area contributed by atoms with E-state index in [1.54, 1.807) is 39.7 Å². The Hall–Kier alpha value is -2.17. The number of carbonyl (C=O) groups is 2. The Kier molecular flexibility index (Phi) is 9.90. The lowest BCUT2D eigenvalue weighted by atomic mass is 9.94. The van der Waals surface area contributed by atoms with Crippen LogP contribution in [0, 0.1) is 12.8 Å². The molecule has 0 aromatic heterocycles. The Morgan fingerprint density at radius 2 is 2.00 bits per heavy atom. The maximum absolute atomic E-state index is 13.1. The lowest BCUT2D eigenvalue weighted by molar-refractivity contribution is -0.130. The quantitative estimate of drug-likeness (QED) is 0.295. The number of oxime groups is 1. The second-order valence-electron chi connectivity index (χ2n) is 9.51. The monoisotopic (exact) mass is 541 g/mol. The average Bonchev–Trinajstić information content (AvgIpc) is 3.20. The Balaban J connectivity index is 2.14. The first kappa shape index (κ1) is 28.1. The van der Waals surface area contributed by atoms with Gasteiger partial charge in [0.05, 0.1) is 37.3 Å². The first-order chi connectivity index (χ1) is 15.9. The van der Waals surface area contributed by atoms with Gasteiger partial charge in [-0.05, 0) is 51.8 Å². The van der Waals surface area contributed by atoms with Gasteiger partial charge >= 0.3 is 6.09 Å². The third-order valence-electron chi connectivity index (χ3n) is 5.89. The number of ether oxygens (including phenoxy) is 3. The molecule has 0 aliphatic carbocycles. The van der Waals surface area contributed by atoms with E-state index in [0.717, 1.165) is 15.6 Å². The summed E-state index contributed by atoms with van der Waals surface area (Å²) in [6, 6.07) is 5.22. The van der Waals surface area contributed by atoms with Crippen LogP contribution in [0.15, 0.2) is 27.8 Å². The van der Waals surface area contributed by atoms with E-state index in [1.807, 2.05) is 25.1 Å². The number of hydrogen-bond acceptors (Lipinski definition) is 7. The van der Waals surface area contributed by atoms with Gasteiger partial charge in [0.2, 0.25) is 5.91 Å². The number of carbonyl (C=O) groups excluding carboxylic acids is 2. The Morgan fingerprint density at radius 3 is 2.56 bits per heavy atom. The summed E-state index contributed by atoms with van der Waals surface area (Å²) in [6.07, 6.45) is -0.716. The van der Waals surface area contributed by atoms with E-state index < -0.39 is 29.8 Å². The third kappa shape index (κ3) is 7.16. The van der Waals surface area contributed by atoms with E-state index in [2.05, 4.69) is 26.4 Å². The predicted octanol–water partition coefficient (Wildman–Crippen LogP) is 3.73. The van der Waals surface area contributed by atoms with Crippen LogP contribution in [-0.2, 0) is 19.0 Å². The van der Waals surface area contributed by atoms with Gasteiger partial charge in [0.1, 0.15) is 11.3 Å². The molecule has 0 saturated carbocycles. The number of hydrogen-bond donors (Lipinski definition) is 2. The molecule has 1 aromatic carbocycles. The predicted molar refractivity (Wildman–Crippen MR) is 132 cm³/mol. The second-order valence-corrected chi connectivity index (χ2v) is 10.4. The standard InChI is InChI=1S/C24H36BrN3O6/c1-14-8-9-16(25)10-18(14)19(27-31)12-26-22(29)15(2)21(33-7)20-11-17(32-6)13-28(20)23(30)34-24(3,4)5/h8-10,15,17,20-21,31H,11-13H2,1-7H3,(H,26,29)/b27-19+/t15-,17?,20?,21-/m1/s1. The number of halogens is 1. The molecule has 4 atom stereocenters. The molecule has 0 radical (unpaired) electrons. The smallest absolute Gasteiger partial charge is 0.410 e. The Bertz CT molecular complexity index is 901. The number of likely N-dealkylation sites (tertiary alicyclic amines) is 1. The van der Waals surface area contributed by atoms with E-state index in [1.165, 1.54) is 7.11 Å². The first-order valence-corrected chi connectivity index (χ1v) is 12.0. The molecule has 2 amide bonds. The topological polar surface area (TPSA) is 110 Å². The van der Waals surface area contributed by atoms with Crippen LogP contribution in [0.3, 0.4) is 0 Å². The van der Waals surface area contributed by atoms with Crippen molar-refractivity contribution < 1.29 is 29.0 Å². The fourth-order valence-electron chi connectivity index (χ4n) is 4.10. The van der Waals surface area contributed by atoms with Crippen molar-refractivity contribution in [1.29, 1.82) is 0 Å². The zero-order valence-corrected chi connectivity index (χ0v) is 22.5. The molecule has 9 nitrogen and oxygen atoms in total. The molecular formula is C24H36BrN3O6. The number of rotatable bonds is 8. The summed E-state index contributed by atoms with van der Waals surface area (Å²) in [6.45, 7) is 9.46. The molecule has 2 N–H and O–H groups in total. The summed E-state index contributed by atoms with van der Waals surface area (Å²) < 4.78 is 17.6. The molecule has 0 bridgehead atoms. The molecule has 1 aromatic rings. The largest absolute Gasteiger partial charge is 0.444 e. The fraction of sp³-hybridized carbons (Fsp3) is 0.625. The SMILES string of the molecule is COC1CC([C@H](OC)[C@@H](C)C(=O)NC/C(=N\O)c2cc(Br)ccc2C)N(C(=O)OC(C)(C)C)C1. The second kappa shape index (κ2) is 12.0. The summed E-state index contributed by atoms with van der Waals surface area (Å²) in [4.78, 5) is 27.5. The highest BCUT2D eigenvalue weighted by Crippen LogP contribution is 2.29. The highest BCUT2D eigenvalue weighted by molar-refractivity contribution is 9.10. The summed E-state index contributed by atoms with van der Waals surface area (Å²) in [7, 11) is 3.12. The van der Waals surface area contributed by atoms with Crippen LogP contribution >= 0.6 is 15.9 Å². The molecular weight excluding hydrogens is 506 g/mol. The van der Waals surface area contributed by atoms with Crippen molar-refractivity contribution in [2.24, 2.45) is 11.1 Å². The third-order valence-corrected chi connectivity index (χ3v) is 6.38. The summed E-state index contributed by atoms with van der Waals surface area (Å²) in [5.41, 5.74) is 1.33. The Labute approximate surface area is 209 Å². The van der Waals surface area contributed by atoms with E-state index >= 15 is 0 Å². The van der Waals surface area contributed by atoms with Crippen LogP contribution in [0.2, 0.25) is 0 Å². The first-order valence-electron chi connectivity index (χ1n) is 11.2. The van der Waals surface area contributed by atoms with Crippen LogP contribution in [0.25, 0.3) is 0 Å². The van der Waals surface area contributed by atoms with Gasteiger partial charge in [0, 0.05) is 24.3 Å². The van der Waals surface area contributed by atoms with Crippen LogP contribution in [0.4, 0.5) is 4.79 Å². The van der Waals surface area contributed by atoms with Crippen molar-refractivity contribution in [2.45, 2.75) is 64.9 Å². The summed E-state index contributed by atoms with van der Waals surface area (Å²) >= 11 is 3.42. The van der Waals surface area contributed by atoms with E-state index in [-0.39, 0.29) is 18.6 Å². The van der Waals surface area contributed by atoms with Gasteiger partial charge in [0.25, 0.3) is 0 Å². The van der Waals surface area contributed by atoms with Gasteiger partial charge in [-0.3, -0.25) is 9.69 Å². The van der Waals surface area contributed by atoms with Gasteiger partial charge < -0.3 is 24.7 Å². The van der Waals surface area contributed by atoms with E-state index in [0.29, 0.717) is 18.7 Å². The molecule has 1 aliphatic rings. The average molecular weight is 542 g/mol. The van der Waals surface area contributed by atoms with Crippen LogP contribution in [-0.4, -0.2) is 79.0 Å². The minimum atomic E-state index is -0.650. The highest BCUT2D eigenvalue weighted by atomic mass is 79.9. The lowest BCUT2D eigenvalue weighted by Crippen LogP contribution is -2.51. The maximum atomic E-state index is 13.1. The van der Waals surface area contributed by atoms with Crippen molar-refractivity contribution in [1.82, 2.24) is 10.2 Å². The molecule has 190 valence electrons. The van der Waals surface area contributed by atoms with Crippen molar-refractivity contribution in [3.05, 3.63) is 33.8 Å². The molecule has 2 rings (SSSR count). The molecule has 0 spiro atoms. The summed E-state index contributed by atoms with van der Waals surface area (Å²) in [5.74, 6) is -0.884. The van der Waals surface area contributed by atoms with Crippen LogP contribution in [0.5, 0.6) is 0 Å². The lowest BCUT2D eigenvalue weighted by Gasteiger charge is -2.34. The minimum absolute atomic E-state index is 0.0363. The van der Waals surface area contributed by atoms with Crippen molar-refractivity contribution >= 4 is 33.6 Å². The number of amides is 2. The molecule has 1 fully saturated rings. The van der Waals surface area contributed by atoms with Gasteiger partial charge in [0.15, 0.2) is 0 Å². The van der Waals surface area contributed by atoms with Crippen LogP contribution in [0.1, 0.15) is 45.2 Å². The molecule has 1 aliphatic heterocycles. The zero-order chi connectivity index (χ0) is 25.6. The number of aryl methyl sites for hydroxylation is 1. The van der Waals surface area contributed by atoms with E-state index in [4.69, 9.17) is 14.2 Å². The Morgan fingerprint density at radius 1 is 1.32 bits per heavy atom. The molecule has 1 heterocycles. The van der Waals surface area contributed by atoms with E-state index in [9.17, 15) is 14.8 Å². The van der Waals surface area contributed by atoms with Gasteiger partial charge in [-0.15, -0.1) is 0 Å². The fourth-order valence-corrected chi connectivity index (χ4v) is 4.46.